The van der Waals surface area contributed by atoms with E-state index in [1.165, 1.54) is 0 Å². The molecule has 3 aromatic rings. The number of ether oxygens (including phenoxy) is 2. The number of H-pyrrole nitrogens is 1. The molecule has 0 unspecified atom stereocenters. The first-order valence-corrected chi connectivity index (χ1v) is 10.9. The number of pyridine rings is 1. The van der Waals surface area contributed by atoms with Crippen molar-refractivity contribution in [2.24, 2.45) is 0 Å². The van der Waals surface area contributed by atoms with Crippen molar-refractivity contribution in [3.05, 3.63) is 48.2 Å². The molecule has 32 heavy (non-hydrogen) atoms. The Morgan fingerprint density at radius 3 is 2.78 bits per heavy atom. The van der Waals surface area contributed by atoms with Crippen LogP contribution in [-0.4, -0.2) is 67.3 Å². The van der Waals surface area contributed by atoms with E-state index in [2.05, 4.69) is 20.2 Å². The van der Waals surface area contributed by atoms with Crippen LogP contribution in [0.1, 0.15) is 33.5 Å². The van der Waals surface area contributed by atoms with E-state index in [1.54, 1.807) is 13.3 Å². The summed E-state index contributed by atoms with van der Waals surface area (Å²) in [7, 11) is 1.61. The second-order valence-electron chi connectivity index (χ2n) is 7.11. The van der Waals surface area contributed by atoms with E-state index in [0.29, 0.717) is 18.0 Å². The van der Waals surface area contributed by atoms with Crippen LogP contribution in [0.2, 0.25) is 0 Å². The second kappa shape index (κ2) is 13.4. The van der Waals surface area contributed by atoms with Crippen molar-refractivity contribution in [2.75, 3.05) is 46.5 Å². The summed E-state index contributed by atoms with van der Waals surface area (Å²) in [4.78, 5) is 22.5. The summed E-state index contributed by atoms with van der Waals surface area (Å²) in [6.45, 7) is 9.20. The minimum absolute atomic E-state index is 0. The molecule has 8 heteroatoms. The van der Waals surface area contributed by atoms with Gasteiger partial charge in [0.1, 0.15) is 0 Å². The average Bonchev–Trinajstić information content (AvgIpc) is 3.27. The highest BCUT2D eigenvalue weighted by molar-refractivity contribution is 14.0. The minimum atomic E-state index is -0.0458. The molecule has 1 aromatic carbocycles. The maximum Gasteiger partial charge on any atom is 0.251 e. The van der Waals surface area contributed by atoms with Gasteiger partial charge in [0.2, 0.25) is 5.88 Å². The van der Waals surface area contributed by atoms with Gasteiger partial charge in [-0.2, -0.15) is 0 Å². The van der Waals surface area contributed by atoms with Crippen LogP contribution in [0.25, 0.3) is 22.2 Å². The van der Waals surface area contributed by atoms with Crippen LogP contribution in [0.5, 0.6) is 5.88 Å². The molecule has 1 aliphatic rings. The molecular weight excluding hydrogens is 519 g/mol. The van der Waals surface area contributed by atoms with E-state index in [1.807, 2.05) is 50.2 Å². The Kier molecular flexibility index (Phi) is 10.9. The number of carbonyl (C=O) groups excluding carboxylic acids is 1. The monoisotopic (exact) mass is 556 g/mol. The van der Waals surface area contributed by atoms with Crippen molar-refractivity contribution in [3.8, 4) is 17.1 Å². The number of carbonyl (C=O) groups is 1. The van der Waals surface area contributed by atoms with Crippen molar-refractivity contribution in [1.82, 2.24) is 20.2 Å². The number of rotatable bonds is 7. The van der Waals surface area contributed by atoms with Gasteiger partial charge in [-0.15, -0.1) is 24.0 Å². The number of nitrogens with zero attached hydrogens (tertiary/aromatic N) is 2. The van der Waals surface area contributed by atoms with Crippen LogP contribution in [0, 0.1) is 0 Å². The molecule has 3 heterocycles. The van der Waals surface area contributed by atoms with Crippen LogP contribution in [0.3, 0.4) is 0 Å². The van der Waals surface area contributed by atoms with Gasteiger partial charge in [-0.1, -0.05) is 13.8 Å². The molecule has 1 amide bonds. The third kappa shape index (κ3) is 6.66. The molecule has 1 saturated heterocycles. The van der Waals surface area contributed by atoms with Gasteiger partial charge in [0.05, 0.1) is 31.6 Å². The molecule has 1 fully saturated rings. The molecule has 0 aliphatic carbocycles. The number of hydrogen-bond donors (Lipinski definition) is 2. The molecule has 4 rings (SSSR count). The van der Waals surface area contributed by atoms with E-state index in [4.69, 9.17) is 9.47 Å². The Balaban J connectivity index is 0.00000212. The summed E-state index contributed by atoms with van der Waals surface area (Å²) < 4.78 is 10.7. The molecule has 0 spiro atoms. The number of aromatic amines is 1. The van der Waals surface area contributed by atoms with Gasteiger partial charge in [0, 0.05) is 45.2 Å². The summed E-state index contributed by atoms with van der Waals surface area (Å²) in [5.74, 6) is 0.521. The summed E-state index contributed by atoms with van der Waals surface area (Å²) in [5.41, 5.74) is 3.43. The number of methoxy groups -OCH3 is 1. The lowest BCUT2D eigenvalue weighted by molar-refractivity contribution is 0.0374. The number of benzene rings is 1. The predicted octanol–water partition coefficient (Wildman–Crippen LogP) is 4.83. The molecule has 1 aliphatic heterocycles. The van der Waals surface area contributed by atoms with Crippen LogP contribution < -0.4 is 10.1 Å². The van der Waals surface area contributed by atoms with Crippen molar-refractivity contribution >= 4 is 40.8 Å². The third-order valence-electron chi connectivity index (χ3n) is 5.18. The average molecular weight is 556 g/mol. The fourth-order valence-electron chi connectivity index (χ4n) is 3.61. The zero-order valence-electron chi connectivity index (χ0n) is 19.0. The minimum Gasteiger partial charge on any atom is -0.481 e. The molecule has 0 bridgehead atoms. The van der Waals surface area contributed by atoms with Gasteiger partial charge in [0.15, 0.2) is 0 Å². The van der Waals surface area contributed by atoms with Gasteiger partial charge in [0.25, 0.3) is 5.91 Å². The van der Waals surface area contributed by atoms with E-state index < -0.39 is 0 Å². The van der Waals surface area contributed by atoms with Crippen molar-refractivity contribution in [2.45, 2.75) is 20.3 Å². The highest BCUT2D eigenvalue weighted by Crippen LogP contribution is 2.30. The van der Waals surface area contributed by atoms with Crippen molar-refractivity contribution < 1.29 is 17.1 Å². The van der Waals surface area contributed by atoms with Gasteiger partial charge >= 0.3 is 0 Å². The largest absolute Gasteiger partial charge is 0.481 e. The number of halogens is 1. The molecule has 178 valence electrons. The first kappa shape index (κ1) is 26.1. The van der Waals surface area contributed by atoms with Gasteiger partial charge in [-0.3, -0.25) is 9.69 Å². The first-order valence-electron chi connectivity index (χ1n) is 10.9. The Labute approximate surface area is 209 Å². The number of fused-ring (bicyclic) bond motifs is 1. The Hall–Kier alpha value is -2.17. The van der Waals surface area contributed by atoms with E-state index >= 15 is 0 Å². The molecule has 7 nitrogen and oxygen atoms in total. The quantitative estimate of drug-likeness (QED) is 0.322. The number of hydrogen-bond acceptors (Lipinski definition) is 5. The molecular formula is C24H37IN4O3. The topological polar surface area (TPSA) is 79.5 Å². The Morgan fingerprint density at radius 2 is 2.03 bits per heavy atom. The van der Waals surface area contributed by atoms with Crippen LogP contribution in [-0.2, 0) is 4.74 Å². The lowest BCUT2D eigenvalue weighted by atomic mass is 10.1. The van der Waals surface area contributed by atoms with Crippen LogP contribution >= 0.6 is 24.0 Å². The second-order valence-corrected chi connectivity index (χ2v) is 7.11. The van der Waals surface area contributed by atoms with Gasteiger partial charge in [-0.05, 0) is 49.4 Å². The van der Waals surface area contributed by atoms with E-state index in [-0.39, 0.29) is 32.7 Å². The van der Waals surface area contributed by atoms with Gasteiger partial charge < -0.3 is 19.8 Å². The van der Waals surface area contributed by atoms with Crippen molar-refractivity contribution in [1.29, 1.82) is 0 Å². The summed E-state index contributed by atoms with van der Waals surface area (Å²) >= 11 is 0. The van der Waals surface area contributed by atoms with Crippen LogP contribution in [0.15, 0.2) is 42.6 Å². The zero-order chi connectivity index (χ0) is 22.1. The van der Waals surface area contributed by atoms with E-state index in [9.17, 15) is 4.79 Å². The van der Waals surface area contributed by atoms with Gasteiger partial charge in [-0.25, -0.2) is 4.98 Å². The summed E-state index contributed by atoms with van der Waals surface area (Å²) in [6, 6.07) is 11.5. The maximum atomic E-state index is 12.5. The normalized spacial score (nSPS) is 13.6. The first-order chi connectivity index (χ1) is 15.2. The molecule has 2 N–H and O–H groups in total. The predicted molar refractivity (Wildman–Crippen MR) is 143 cm³/mol. The Bertz CT molecular complexity index is 997. The van der Waals surface area contributed by atoms with Crippen LogP contribution in [0.4, 0.5) is 0 Å². The fourth-order valence-corrected chi connectivity index (χ4v) is 3.61. The fraction of sp³-hybridized carbons (Fsp3) is 0.417. The third-order valence-corrected chi connectivity index (χ3v) is 5.18. The standard InChI is InChI=1S/C22H26N4O3.C2H6.HI.2H2/c1-28-22-18(4-2-7-24-22)20-15-17-14-16(5-6-19(17)25-20)21(27)23-8-3-9-26-10-12-29-13-11-26;1-2;;;/h2,4-7,14-15,25H,3,8-13H2,1H3,(H,23,27);1-2H3;3*1H. The molecule has 0 saturated carbocycles. The summed E-state index contributed by atoms with van der Waals surface area (Å²) in [6.07, 6.45) is 2.63. The number of aromatic nitrogens is 2. The van der Waals surface area contributed by atoms with E-state index in [0.717, 1.165) is 61.4 Å². The zero-order valence-corrected chi connectivity index (χ0v) is 21.3. The highest BCUT2D eigenvalue weighted by atomic mass is 127. The number of nitrogens with one attached hydrogen (secondary N) is 2. The Morgan fingerprint density at radius 1 is 1.25 bits per heavy atom. The smallest absolute Gasteiger partial charge is 0.251 e. The van der Waals surface area contributed by atoms with Crippen molar-refractivity contribution in [3.63, 3.8) is 0 Å². The number of morpholine rings is 1. The maximum absolute atomic E-state index is 12.5. The lowest BCUT2D eigenvalue weighted by Gasteiger charge is -2.26. The lowest BCUT2D eigenvalue weighted by Crippen LogP contribution is -2.38. The summed E-state index contributed by atoms with van der Waals surface area (Å²) in [5, 5.41) is 4.00. The molecule has 0 radical (unpaired) electrons. The number of amides is 1. The highest BCUT2D eigenvalue weighted by Gasteiger charge is 2.13. The molecule has 2 aromatic heterocycles. The SMILES string of the molecule is CC.COc1ncccc1-c1cc2cc(C(=O)NCCCN3CCOCC3)ccc2[nH]1.I.[HH].[HH]. The molecule has 0 atom stereocenters.